The Labute approximate surface area is 243 Å². The summed E-state index contributed by atoms with van der Waals surface area (Å²) in [7, 11) is -2.28. The number of methoxy groups -OCH3 is 1. The van der Waals surface area contributed by atoms with E-state index in [0.717, 1.165) is 5.56 Å². The number of rotatable bonds is 16. The number of aryl methyl sites for hydroxylation is 1. The van der Waals surface area contributed by atoms with E-state index in [-0.39, 0.29) is 11.3 Å². The number of unbranched alkanes of at least 4 members (excludes halogenated alkanes) is 3. The molecule has 1 unspecified atom stereocenters. The van der Waals surface area contributed by atoms with Gasteiger partial charge in [0.15, 0.2) is 0 Å². The number of hydrogen-bond donors (Lipinski definition) is 0. The molecule has 0 spiro atoms. The second-order valence-electron chi connectivity index (χ2n) is 12.3. The molecule has 220 valence electrons. The van der Waals surface area contributed by atoms with Crippen LogP contribution in [-0.4, -0.2) is 57.3 Å². The fourth-order valence-electron chi connectivity index (χ4n) is 5.98. The number of esters is 1. The first kappa shape index (κ1) is 34.1. The summed E-state index contributed by atoms with van der Waals surface area (Å²) in [5.74, 6) is -0.404. The molecule has 1 aliphatic heterocycles. The van der Waals surface area contributed by atoms with E-state index in [1.807, 2.05) is 19.1 Å². The zero-order valence-electron chi connectivity index (χ0n) is 25.6. The van der Waals surface area contributed by atoms with E-state index in [2.05, 4.69) is 47.3 Å². The van der Waals surface area contributed by atoms with Gasteiger partial charge in [-0.25, -0.2) is 0 Å². The molecule has 0 amide bonds. The van der Waals surface area contributed by atoms with Crippen LogP contribution >= 0.6 is 0 Å². The molecule has 1 aliphatic rings. The van der Waals surface area contributed by atoms with Crippen molar-refractivity contribution in [3.8, 4) is 0 Å². The van der Waals surface area contributed by atoms with Gasteiger partial charge in [0.1, 0.15) is 0 Å². The number of hydrogen-bond acceptors (Lipinski definition) is 4. The zero-order valence-corrected chi connectivity index (χ0v) is 29.3. The summed E-state index contributed by atoms with van der Waals surface area (Å²) in [6, 6.07) is 7.23. The second-order valence-corrected chi connectivity index (χ2v) is 27.6. The van der Waals surface area contributed by atoms with E-state index in [9.17, 15) is 13.2 Å². The minimum atomic E-state index is -3.66. The molecule has 1 aromatic carbocycles. The SMILES string of the molecule is C=C(CC(C)(C)C1C=[C]([Sn]([CH2]CCC)([CH2]CCC)[CH2]CCC)CN(S(=O)(=O)c2ccc(C)cc2)C1)C(=O)OC. The van der Waals surface area contributed by atoms with Crippen LogP contribution in [0.3, 0.4) is 0 Å². The third-order valence-corrected chi connectivity index (χ3v) is 26.5. The molecule has 0 N–H and O–H groups in total. The predicted molar refractivity (Wildman–Crippen MR) is 166 cm³/mol. The molecule has 1 aromatic rings. The van der Waals surface area contributed by atoms with Gasteiger partial charge in [-0.3, -0.25) is 0 Å². The average molecular weight is 667 g/mol. The summed E-state index contributed by atoms with van der Waals surface area (Å²) in [6.45, 7) is 18.0. The topological polar surface area (TPSA) is 63.7 Å². The molecule has 2 rings (SSSR count). The summed E-state index contributed by atoms with van der Waals surface area (Å²) in [5.41, 5.74) is 1.13. The molecule has 5 nitrogen and oxygen atoms in total. The number of benzene rings is 1. The molecule has 39 heavy (non-hydrogen) atoms. The maximum atomic E-state index is 14.1. The maximum absolute atomic E-state index is 14.1. The number of sulfonamides is 1. The number of carbonyl (C=O) groups excluding carboxylic acids is 1. The summed E-state index contributed by atoms with van der Waals surface area (Å²) in [4.78, 5) is 12.6. The fraction of sp³-hybridized carbons (Fsp3) is 0.656. The Morgan fingerprint density at radius 3 is 2.00 bits per heavy atom. The van der Waals surface area contributed by atoms with Crippen molar-refractivity contribution in [1.82, 2.24) is 4.31 Å². The van der Waals surface area contributed by atoms with Crippen LogP contribution in [0.4, 0.5) is 0 Å². The van der Waals surface area contributed by atoms with Gasteiger partial charge in [-0.2, -0.15) is 0 Å². The molecule has 0 radical (unpaired) electrons. The minimum absolute atomic E-state index is 0.0103. The van der Waals surface area contributed by atoms with Gasteiger partial charge in [0.25, 0.3) is 0 Å². The van der Waals surface area contributed by atoms with E-state index in [1.165, 1.54) is 62.5 Å². The number of carbonyl (C=O) groups is 1. The van der Waals surface area contributed by atoms with Gasteiger partial charge in [0.05, 0.1) is 0 Å². The summed E-state index contributed by atoms with van der Waals surface area (Å²) >= 11 is -2.92. The van der Waals surface area contributed by atoms with Crippen LogP contribution in [-0.2, 0) is 19.6 Å². The van der Waals surface area contributed by atoms with Crippen LogP contribution in [0.5, 0.6) is 0 Å². The van der Waals surface area contributed by atoms with E-state index in [4.69, 9.17) is 4.74 Å². The van der Waals surface area contributed by atoms with Crippen LogP contribution in [0.1, 0.15) is 85.1 Å². The molecule has 0 bridgehead atoms. The van der Waals surface area contributed by atoms with Crippen molar-refractivity contribution in [3.63, 3.8) is 0 Å². The van der Waals surface area contributed by atoms with Crippen molar-refractivity contribution < 1.29 is 17.9 Å². The predicted octanol–water partition coefficient (Wildman–Crippen LogP) is 8.08. The molecule has 0 aliphatic carbocycles. The average Bonchev–Trinajstić information content (AvgIpc) is 2.92. The standard InChI is InChI=1S/C20H26NO4S.3C4H9.Sn/c1-15-8-10-18(11-9-15)26(23,24)21-12-6-7-17(14-21)20(3,4)13-16(2)19(22)25-5;3*1-3-4-2;/h7-11,17H,2,12-14H2,1,3-5H3;3*1,3-4H2,2H3;. The molecular formula is C32H53NO4SSn. The molecule has 0 aromatic heterocycles. The Balaban J connectivity index is 2.65. The molecule has 0 saturated heterocycles. The summed E-state index contributed by atoms with van der Waals surface area (Å²) in [5, 5.41) is 0. The van der Waals surface area contributed by atoms with Crippen LogP contribution < -0.4 is 0 Å². The molecule has 1 heterocycles. The second kappa shape index (κ2) is 15.2. The number of ether oxygens (including phenoxy) is 1. The first-order chi connectivity index (χ1) is 18.4. The van der Waals surface area contributed by atoms with Crippen molar-refractivity contribution in [2.45, 2.75) is 105 Å². The third-order valence-electron chi connectivity index (χ3n) is 8.66. The molecule has 0 fully saturated rings. The van der Waals surface area contributed by atoms with Gasteiger partial charge in [-0.1, -0.05) is 0 Å². The van der Waals surface area contributed by atoms with Gasteiger partial charge in [-0.15, -0.1) is 0 Å². The van der Waals surface area contributed by atoms with Crippen molar-refractivity contribution >= 4 is 34.4 Å². The zero-order chi connectivity index (χ0) is 29.3. The number of nitrogens with zero attached hydrogens (tertiary/aromatic N) is 1. The Hall–Kier alpha value is -1.12. The van der Waals surface area contributed by atoms with Crippen LogP contribution in [0.2, 0.25) is 13.3 Å². The Morgan fingerprint density at radius 2 is 1.54 bits per heavy atom. The van der Waals surface area contributed by atoms with Crippen molar-refractivity contribution in [2.75, 3.05) is 20.2 Å². The van der Waals surface area contributed by atoms with Crippen LogP contribution in [0, 0.1) is 18.3 Å². The van der Waals surface area contributed by atoms with Gasteiger partial charge in [0, 0.05) is 0 Å². The Morgan fingerprint density at radius 1 is 1.03 bits per heavy atom. The first-order valence-electron chi connectivity index (χ1n) is 14.9. The Bertz CT molecular complexity index is 1070. The van der Waals surface area contributed by atoms with E-state index >= 15 is 0 Å². The quantitative estimate of drug-likeness (QED) is 0.102. The molecule has 7 heteroatoms. The van der Waals surface area contributed by atoms with Crippen molar-refractivity contribution in [3.05, 3.63) is 51.6 Å². The fourth-order valence-corrected chi connectivity index (χ4v) is 24.6. The van der Waals surface area contributed by atoms with Crippen LogP contribution in [0.15, 0.2) is 51.0 Å². The van der Waals surface area contributed by atoms with Gasteiger partial charge in [-0.05, 0) is 0 Å². The van der Waals surface area contributed by atoms with Crippen molar-refractivity contribution in [2.24, 2.45) is 11.3 Å². The third kappa shape index (κ3) is 8.93. The van der Waals surface area contributed by atoms with E-state index in [1.54, 1.807) is 16.4 Å². The summed E-state index contributed by atoms with van der Waals surface area (Å²) in [6.07, 6.45) is 10.1. The van der Waals surface area contributed by atoms with Gasteiger partial charge in [0.2, 0.25) is 0 Å². The van der Waals surface area contributed by atoms with Crippen LogP contribution in [0.25, 0.3) is 0 Å². The van der Waals surface area contributed by atoms with E-state index in [0.29, 0.717) is 30.0 Å². The van der Waals surface area contributed by atoms with Gasteiger partial charge < -0.3 is 0 Å². The van der Waals surface area contributed by atoms with Gasteiger partial charge >= 0.3 is 244 Å². The van der Waals surface area contributed by atoms with E-state index < -0.39 is 34.4 Å². The molecular weight excluding hydrogens is 613 g/mol. The normalized spacial score (nSPS) is 17.1. The van der Waals surface area contributed by atoms with Crippen molar-refractivity contribution in [1.29, 1.82) is 0 Å². The molecule has 1 atom stereocenters. The Kier molecular flexibility index (Phi) is 13.3. The molecule has 0 saturated carbocycles. The summed E-state index contributed by atoms with van der Waals surface area (Å²) < 4.78 is 40.2. The monoisotopic (exact) mass is 667 g/mol. The first-order valence-corrected chi connectivity index (χ1v) is 23.8.